The topological polar surface area (TPSA) is 31.4 Å². The SMILES string of the molecule is CCCCCCCOc1ccc(CCc2ccc3c(F)c(CCc4ccc(OC(F)(F)F)cc4)ccc3c2)nc1. The molecule has 0 N–H and O–H groups in total. The predicted molar refractivity (Wildman–Crippen MR) is 150 cm³/mol. The molecule has 0 aliphatic carbocycles. The standard InChI is InChI=1S/C33H35F4NO2/c1-2-3-4-5-6-21-39-30-19-16-28(38-23-30)15-8-25-11-20-31-27(22-25)14-13-26(32(31)34)12-7-24-9-17-29(18-10-24)40-33(35,36)37/h9-11,13-14,16-20,22-23H,2-8,12,15,21H2,1H3. The second-order valence-electron chi connectivity index (χ2n) is 10.0. The molecule has 0 amide bonds. The smallest absolute Gasteiger partial charge is 0.492 e. The number of alkyl halides is 3. The van der Waals surface area contributed by atoms with Gasteiger partial charge in [0.25, 0.3) is 0 Å². The summed E-state index contributed by atoms with van der Waals surface area (Å²) in [6.07, 6.45) is 5.58. The van der Waals surface area contributed by atoms with Crippen LogP contribution >= 0.6 is 0 Å². The number of hydrogen-bond donors (Lipinski definition) is 0. The number of hydrogen-bond acceptors (Lipinski definition) is 3. The van der Waals surface area contributed by atoms with Gasteiger partial charge in [-0.2, -0.15) is 0 Å². The van der Waals surface area contributed by atoms with Gasteiger partial charge in [-0.15, -0.1) is 13.2 Å². The van der Waals surface area contributed by atoms with Crippen LogP contribution in [-0.4, -0.2) is 18.0 Å². The zero-order chi connectivity index (χ0) is 28.4. The molecule has 0 saturated carbocycles. The molecule has 3 nitrogen and oxygen atoms in total. The summed E-state index contributed by atoms with van der Waals surface area (Å²) in [4.78, 5) is 4.53. The number of fused-ring (bicyclic) bond motifs is 1. The van der Waals surface area contributed by atoms with Gasteiger partial charge in [-0.05, 0) is 78.4 Å². The first-order valence-electron chi connectivity index (χ1n) is 13.9. The molecule has 0 aliphatic rings. The van der Waals surface area contributed by atoms with E-state index in [0.717, 1.165) is 47.2 Å². The van der Waals surface area contributed by atoms with E-state index < -0.39 is 6.36 Å². The molecule has 3 aromatic carbocycles. The molecule has 0 spiro atoms. The lowest BCUT2D eigenvalue weighted by Gasteiger charge is -2.10. The van der Waals surface area contributed by atoms with E-state index in [2.05, 4.69) is 16.6 Å². The summed E-state index contributed by atoms with van der Waals surface area (Å²) in [5.41, 5.74) is 3.47. The number of aromatic nitrogens is 1. The van der Waals surface area contributed by atoms with Crippen LogP contribution in [0.2, 0.25) is 0 Å². The number of halogens is 4. The average Bonchev–Trinajstić information content (AvgIpc) is 2.94. The zero-order valence-electron chi connectivity index (χ0n) is 22.8. The normalized spacial score (nSPS) is 11.6. The Bertz CT molecular complexity index is 1350. The predicted octanol–water partition coefficient (Wildman–Crippen LogP) is 9.19. The Morgan fingerprint density at radius 2 is 1.45 bits per heavy atom. The number of nitrogens with zero attached hydrogens (tertiary/aromatic N) is 1. The van der Waals surface area contributed by atoms with Crippen LogP contribution in [0.5, 0.6) is 11.5 Å². The summed E-state index contributed by atoms with van der Waals surface area (Å²) in [6.45, 7) is 2.92. The Balaban J connectivity index is 1.28. The quantitative estimate of drug-likeness (QED) is 0.115. The van der Waals surface area contributed by atoms with Crippen molar-refractivity contribution < 1.29 is 27.0 Å². The third-order valence-electron chi connectivity index (χ3n) is 6.92. The van der Waals surface area contributed by atoms with Gasteiger partial charge >= 0.3 is 6.36 Å². The van der Waals surface area contributed by atoms with Gasteiger partial charge in [0.15, 0.2) is 0 Å². The van der Waals surface area contributed by atoms with Gasteiger partial charge < -0.3 is 9.47 Å². The van der Waals surface area contributed by atoms with Gasteiger partial charge in [0.1, 0.15) is 17.3 Å². The molecule has 0 radical (unpaired) electrons. The number of unbranched alkanes of at least 4 members (excludes halogenated alkanes) is 4. The van der Waals surface area contributed by atoms with E-state index in [0.29, 0.717) is 30.4 Å². The van der Waals surface area contributed by atoms with E-state index in [1.165, 1.54) is 37.8 Å². The Labute approximate surface area is 233 Å². The fourth-order valence-corrected chi connectivity index (χ4v) is 4.68. The number of aryl methyl sites for hydroxylation is 4. The molecule has 0 fully saturated rings. The fraction of sp³-hybridized carbons (Fsp3) is 0.364. The first kappa shape index (κ1) is 29.4. The average molecular weight is 554 g/mol. The summed E-state index contributed by atoms with van der Waals surface area (Å²) in [5, 5.41) is 1.40. The van der Waals surface area contributed by atoms with E-state index >= 15 is 4.39 Å². The number of benzene rings is 3. The van der Waals surface area contributed by atoms with E-state index in [1.807, 2.05) is 36.4 Å². The monoisotopic (exact) mass is 553 g/mol. The Morgan fingerprint density at radius 3 is 2.17 bits per heavy atom. The maximum absolute atomic E-state index is 15.2. The molecule has 4 aromatic rings. The van der Waals surface area contributed by atoms with Crippen LogP contribution in [0.15, 0.2) is 72.9 Å². The lowest BCUT2D eigenvalue weighted by atomic mass is 9.98. The van der Waals surface area contributed by atoms with Crippen LogP contribution in [0.25, 0.3) is 10.8 Å². The van der Waals surface area contributed by atoms with Crippen LogP contribution in [0.1, 0.15) is 61.4 Å². The van der Waals surface area contributed by atoms with Gasteiger partial charge in [-0.3, -0.25) is 4.98 Å². The van der Waals surface area contributed by atoms with Crippen molar-refractivity contribution in [3.63, 3.8) is 0 Å². The highest BCUT2D eigenvalue weighted by atomic mass is 19.4. The van der Waals surface area contributed by atoms with Crippen molar-refractivity contribution in [1.29, 1.82) is 0 Å². The molecule has 40 heavy (non-hydrogen) atoms. The molecule has 1 heterocycles. The van der Waals surface area contributed by atoms with Crippen molar-refractivity contribution in [1.82, 2.24) is 4.98 Å². The Morgan fingerprint density at radius 1 is 0.725 bits per heavy atom. The van der Waals surface area contributed by atoms with Crippen LogP contribution in [0.3, 0.4) is 0 Å². The third kappa shape index (κ3) is 8.97. The highest BCUT2D eigenvalue weighted by Crippen LogP contribution is 2.26. The van der Waals surface area contributed by atoms with Crippen LogP contribution in [-0.2, 0) is 25.7 Å². The number of ether oxygens (including phenoxy) is 2. The molecule has 7 heteroatoms. The Kier molecular flexibility index (Phi) is 10.4. The van der Waals surface area contributed by atoms with Crippen LogP contribution in [0.4, 0.5) is 17.6 Å². The third-order valence-corrected chi connectivity index (χ3v) is 6.92. The molecule has 0 saturated heterocycles. The van der Waals surface area contributed by atoms with E-state index in [9.17, 15) is 13.2 Å². The van der Waals surface area contributed by atoms with Gasteiger partial charge in [0, 0.05) is 11.1 Å². The molecular formula is C33H35F4NO2. The molecule has 212 valence electrons. The Hall–Kier alpha value is -3.61. The van der Waals surface area contributed by atoms with Crippen molar-refractivity contribution in [3.05, 3.63) is 101 Å². The molecule has 0 aliphatic heterocycles. The minimum absolute atomic E-state index is 0.260. The summed E-state index contributed by atoms with van der Waals surface area (Å²) in [5.74, 6) is 0.265. The van der Waals surface area contributed by atoms with Gasteiger partial charge in [0.2, 0.25) is 0 Å². The maximum atomic E-state index is 15.2. The lowest BCUT2D eigenvalue weighted by Crippen LogP contribution is -2.17. The van der Waals surface area contributed by atoms with Crippen molar-refractivity contribution in [2.75, 3.05) is 6.61 Å². The van der Waals surface area contributed by atoms with Crippen LogP contribution < -0.4 is 9.47 Å². The minimum atomic E-state index is -4.72. The summed E-state index contributed by atoms with van der Waals surface area (Å²) < 4.78 is 62.0. The largest absolute Gasteiger partial charge is 0.573 e. The van der Waals surface area contributed by atoms with Crippen molar-refractivity contribution in [2.45, 2.75) is 71.1 Å². The molecule has 0 atom stereocenters. The first-order valence-corrected chi connectivity index (χ1v) is 13.9. The maximum Gasteiger partial charge on any atom is 0.573 e. The summed E-state index contributed by atoms with van der Waals surface area (Å²) in [7, 11) is 0. The van der Waals surface area contributed by atoms with Crippen LogP contribution in [0, 0.1) is 5.82 Å². The van der Waals surface area contributed by atoms with E-state index in [1.54, 1.807) is 24.4 Å². The van der Waals surface area contributed by atoms with Crippen molar-refractivity contribution in [2.24, 2.45) is 0 Å². The second kappa shape index (κ2) is 14.1. The van der Waals surface area contributed by atoms with Gasteiger partial charge in [-0.1, -0.05) is 75.1 Å². The number of pyridine rings is 1. The summed E-state index contributed by atoms with van der Waals surface area (Å²) >= 11 is 0. The molecule has 1 aromatic heterocycles. The zero-order valence-corrected chi connectivity index (χ0v) is 22.8. The highest BCUT2D eigenvalue weighted by Gasteiger charge is 2.30. The van der Waals surface area contributed by atoms with Crippen molar-refractivity contribution in [3.8, 4) is 11.5 Å². The summed E-state index contributed by atoms with van der Waals surface area (Å²) in [6, 6.07) is 19.1. The molecule has 0 bridgehead atoms. The highest BCUT2D eigenvalue weighted by molar-refractivity contribution is 5.84. The molecular weight excluding hydrogens is 518 g/mol. The fourth-order valence-electron chi connectivity index (χ4n) is 4.68. The second-order valence-corrected chi connectivity index (χ2v) is 10.0. The minimum Gasteiger partial charge on any atom is -0.492 e. The number of rotatable bonds is 14. The van der Waals surface area contributed by atoms with Crippen molar-refractivity contribution >= 4 is 10.8 Å². The molecule has 0 unspecified atom stereocenters. The molecule has 4 rings (SSSR count). The van der Waals surface area contributed by atoms with Gasteiger partial charge in [-0.25, -0.2) is 4.39 Å². The van der Waals surface area contributed by atoms with Gasteiger partial charge in [0.05, 0.1) is 12.8 Å². The van der Waals surface area contributed by atoms with E-state index in [-0.39, 0.29) is 11.6 Å². The lowest BCUT2D eigenvalue weighted by molar-refractivity contribution is -0.274. The van der Waals surface area contributed by atoms with E-state index in [4.69, 9.17) is 4.74 Å². The first-order chi connectivity index (χ1) is 19.3.